The minimum Gasteiger partial charge on any atom is -0.462 e. The molecule has 154 valence electrons. The van der Waals surface area contributed by atoms with Gasteiger partial charge in [0.25, 0.3) is 0 Å². The molecular formula is C23H27NO4S. The first kappa shape index (κ1) is 20.1. The highest BCUT2D eigenvalue weighted by molar-refractivity contribution is 7.17. The summed E-state index contributed by atoms with van der Waals surface area (Å²) in [4.78, 5) is 27.5. The summed E-state index contributed by atoms with van der Waals surface area (Å²) in [5.74, 6) is -0.390. The van der Waals surface area contributed by atoms with E-state index in [1.807, 2.05) is 30.3 Å². The molecule has 2 aliphatic rings. The Kier molecular flexibility index (Phi) is 6.01. The molecule has 0 atom stereocenters. The van der Waals surface area contributed by atoms with E-state index >= 15 is 0 Å². The molecule has 0 spiro atoms. The smallest absolute Gasteiger partial charge is 0.341 e. The van der Waals surface area contributed by atoms with E-state index in [2.05, 4.69) is 5.32 Å². The van der Waals surface area contributed by atoms with Crippen molar-refractivity contribution in [3.63, 3.8) is 0 Å². The molecule has 4 rings (SSSR count). The van der Waals surface area contributed by atoms with Gasteiger partial charge in [0.15, 0.2) is 0 Å². The molecule has 1 aliphatic heterocycles. The van der Waals surface area contributed by atoms with Crippen LogP contribution in [-0.2, 0) is 32.5 Å². The maximum atomic E-state index is 13.6. The lowest BCUT2D eigenvalue weighted by Crippen LogP contribution is -2.44. The van der Waals surface area contributed by atoms with Crippen LogP contribution >= 0.6 is 11.3 Å². The molecule has 0 unspecified atom stereocenters. The van der Waals surface area contributed by atoms with E-state index in [0.717, 1.165) is 36.8 Å². The van der Waals surface area contributed by atoms with E-state index in [-0.39, 0.29) is 11.9 Å². The number of carbonyl (C=O) groups is 2. The van der Waals surface area contributed by atoms with E-state index in [0.29, 0.717) is 43.2 Å². The summed E-state index contributed by atoms with van der Waals surface area (Å²) in [6, 6.07) is 9.91. The number of hydrogen-bond donors (Lipinski definition) is 1. The number of thiophene rings is 1. The number of hydrogen-bond acceptors (Lipinski definition) is 5. The van der Waals surface area contributed by atoms with Crippen molar-refractivity contribution < 1.29 is 19.1 Å². The summed E-state index contributed by atoms with van der Waals surface area (Å²) in [6.07, 6.45) is 5.27. The second-order valence-corrected chi connectivity index (χ2v) is 8.76. The molecule has 1 aromatic carbocycles. The Hall–Kier alpha value is -2.18. The summed E-state index contributed by atoms with van der Waals surface area (Å²) in [6.45, 7) is 3.23. The van der Waals surface area contributed by atoms with Crippen molar-refractivity contribution in [2.75, 3.05) is 25.1 Å². The maximum Gasteiger partial charge on any atom is 0.341 e. The number of nitrogens with one attached hydrogen (secondary N) is 1. The number of esters is 1. The highest BCUT2D eigenvalue weighted by Crippen LogP contribution is 2.41. The number of fused-ring (bicyclic) bond motifs is 1. The molecule has 2 heterocycles. The topological polar surface area (TPSA) is 64.6 Å². The average molecular weight is 414 g/mol. The molecule has 1 amide bonds. The Morgan fingerprint density at radius 2 is 1.86 bits per heavy atom. The minimum atomic E-state index is -0.643. The maximum absolute atomic E-state index is 13.6. The van der Waals surface area contributed by atoms with Crippen LogP contribution in [-0.4, -0.2) is 31.7 Å². The monoisotopic (exact) mass is 413 g/mol. The van der Waals surface area contributed by atoms with E-state index in [1.165, 1.54) is 16.2 Å². The predicted octanol–water partition coefficient (Wildman–Crippen LogP) is 4.49. The first-order chi connectivity index (χ1) is 14.2. The van der Waals surface area contributed by atoms with Gasteiger partial charge in [0, 0.05) is 18.1 Å². The Morgan fingerprint density at radius 1 is 1.14 bits per heavy atom. The Labute approximate surface area is 175 Å². The van der Waals surface area contributed by atoms with Crippen LogP contribution in [0, 0.1) is 0 Å². The van der Waals surface area contributed by atoms with Crippen molar-refractivity contribution >= 4 is 28.2 Å². The SMILES string of the molecule is CCOC(=O)c1c(NC(=O)C2(c3ccccc3)CCOCC2)sc2c1CCCC2. The number of ether oxygens (including phenoxy) is 2. The quantitative estimate of drug-likeness (QED) is 0.734. The summed E-state index contributed by atoms with van der Waals surface area (Å²) in [5, 5.41) is 3.78. The molecule has 1 aliphatic carbocycles. The van der Waals surface area contributed by atoms with Crippen molar-refractivity contribution in [3.05, 3.63) is 51.9 Å². The van der Waals surface area contributed by atoms with Gasteiger partial charge in [-0.3, -0.25) is 4.79 Å². The Balaban J connectivity index is 1.70. The second kappa shape index (κ2) is 8.67. The number of amides is 1. The van der Waals surface area contributed by atoms with Crippen LogP contribution in [0.4, 0.5) is 5.00 Å². The normalized spacial score (nSPS) is 18.0. The molecule has 5 nitrogen and oxygen atoms in total. The molecule has 1 fully saturated rings. The number of carbonyl (C=O) groups excluding carboxylic acids is 2. The fourth-order valence-corrected chi connectivity index (χ4v) is 5.69. The lowest BCUT2D eigenvalue weighted by molar-refractivity contribution is -0.125. The molecule has 0 bridgehead atoms. The predicted molar refractivity (Wildman–Crippen MR) is 114 cm³/mol. The van der Waals surface area contributed by atoms with Crippen molar-refractivity contribution in [1.29, 1.82) is 0 Å². The van der Waals surface area contributed by atoms with Gasteiger partial charge >= 0.3 is 5.97 Å². The Morgan fingerprint density at radius 3 is 2.59 bits per heavy atom. The molecule has 1 aromatic heterocycles. The van der Waals surface area contributed by atoms with Crippen LogP contribution in [0.5, 0.6) is 0 Å². The van der Waals surface area contributed by atoms with Crippen molar-refractivity contribution in [1.82, 2.24) is 0 Å². The van der Waals surface area contributed by atoms with Gasteiger partial charge in [-0.05, 0) is 56.6 Å². The largest absolute Gasteiger partial charge is 0.462 e. The lowest BCUT2D eigenvalue weighted by Gasteiger charge is -2.36. The van der Waals surface area contributed by atoms with Crippen molar-refractivity contribution in [3.8, 4) is 0 Å². The van der Waals surface area contributed by atoms with Crippen molar-refractivity contribution in [2.45, 2.75) is 50.9 Å². The van der Waals surface area contributed by atoms with Crippen molar-refractivity contribution in [2.24, 2.45) is 0 Å². The molecule has 0 radical (unpaired) electrons. The number of rotatable bonds is 5. The third kappa shape index (κ3) is 3.83. The molecule has 0 saturated carbocycles. The van der Waals surface area contributed by atoms with Crippen LogP contribution < -0.4 is 5.32 Å². The lowest BCUT2D eigenvalue weighted by atomic mass is 9.73. The molecule has 1 N–H and O–H groups in total. The number of benzene rings is 1. The fourth-order valence-electron chi connectivity index (χ4n) is 4.42. The molecule has 6 heteroatoms. The summed E-state index contributed by atoms with van der Waals surface area (Å²) >= 11 is 1.54. The zero-order valence-electron chi connectivity index (χ0n) is 16.8. The van der Waals surface area contributed by atoms with Crippen LogP contribution in [0.25, 0.3) is 0 Å². The highest BCUT2D eigenvalue weighted by Gasteiger charge is 2.42. The third-order valence-electron chi connectivity index (χ3n) is 5.99. The van der Waals surface area contributed by atoms with Crippen LogP contribution in [0.1, 0.15) is 59.0 Å². The van der Waals surface area contributed by atoms with E-state index < -0.39 is 5.41 Å². The van der Waals surface area contributed by atoms with E-state index in [1.54, 1.807) is 6.92 Å². The molecule has 1 saturated heterocycles. The summed E-state index contributed by atoms with van der Waals surface area (Å²) in [7, 11) is 0. The number of anilines is 1. The van der Waals surface area contributed by atoms with Gasteiger partial charge in [-0.1, -0.05) is 30.3 Å². The van der Waals surface area contributed by atoms with Gasteiger partial charge in [-0.2, -0.15) is 0 Å². The van der Waals surface area contributed by atoms with Gasteiger partial charge < -0.3 is 14.8 Å². The first-order valence-corrected chi connectivity index (χ1v) is 11.2. The van der Waals surface area contributed by atoms with Gasteiger partial charge in [0.1, 0.15) is 5.00 Å². The molecule has 29 heavy (non-hydrogen) atoms. The van der Waals surface area contributed by atoms with E-state index in [4.69, 9.17) is 9.47 Å². The molecule has 2 aromatic rings. The second-order valence-electron chi connectivity index (χ2n) is 7.65. The Bertz CT molecular complexity index is 884. The summed E-state index contributed by atoms with van der Waals surface area (Å²) < 4.78 is 10.9. The average Bonchev–Trinajstić information content (AvgIpc) is 3.13. The summed E-state index contributed by atoms with van der Waals surface area (Å²) in [5.41, 5.74) is 1.99. The van der Waals surface area contributed by atoms with Gasteiger partial charge in [0.05, 0.1) is 17.6 Å². The highest BCUT2D eigenvalue weighted by atomic mass is 32.1. The van der Waals surface area contributed by atoms with Crippen LogP contribution in [0.3, 0.4) is 0 Å². The van der Waals surface area contributed by atoms with Gasteiger partial charge in [-0.25, -0.2) is 4.79 Å². The third-order valence-corrected chi connectivity index (χ3v) is 7.19. The van der Waals surface area contributed by atoms with Gasteiger partial charge in [0.2, 0.25) is 5.91 Å². The van der Waals surface area contributed by atoms with Gasteiger partial charge in [-0.15, -0.1) is 11.3 Å². The zero-order valence-corrected chi connectivity index (χ0v) is 17.6. The fraction of sp³-hybridized carbons (Fsp3) is 0.478. The van der Waals surface area contributed by atoms with Crippen LogP contribution in [0.15, 0.2) is 30.3 Å². The standard InChI is InChI=1S/C23H27NO4S/c1-2-28-21(25)19-17-10-6-7-11-18(17)29-20(19)24-22(26)23(12-14-27-15-13-23)16-8-4-3-5-9-16/h3-5,8-9H,2,6-7,10-15H2,1H3,(H,24,26). The van der Waals surface area contributed by atoms with Crippen LogP contribution in [0.2, 0.25) is 0 Å². The van der Waals surface area contributed by atoms with E-state index in [9.17, 15) is 9.59 Å². The zero-order chi connectivity index (χ0) is 20.3. The minimum absolute atomic E-state index is 0.0591. The number of aryl methyl sites for hydroxylation is 1. The first-order valence-electron chi connectivity index (χ1n) is 10.4. The molecular weight excluding hydrogens is 386 g/mol.